The highest BCUT2D eigenvalue weighted by molar-refractivity contribution is 9.13. The van der Waals surface area contributed by atoms with Gasteiger partial charge in [0, 0.05) is 22.8 Å². The average Bonchev–Trinajstić information content (AvgIpc) is 3.45. The number of nitrogens with one attached hydrogen (secondary N) is 1. The molecule has 0 spiro atoms. The van der Waals surface area contributed by atoms with Crippen LogP contribution in [-0.2, 0) is 25.8 Å². The quantitative estimate of drug-likeness (QED) is 0.155. The Bertz CT molecular complexity index is 1540. The highest BCUT2D eigenvalue weighted by Gasteiger charge is 2.53. The number of carbonyl (C=O) groups excluding carboxylic acids is 3. The van der Waals surface area contributed by atoms with Crippen LogP contribution in [-0.4, -0.2) is 57.2 Å². The molecule has 1 saturated heterocycles. The number of thiophene rings is 1. The van der Waals surface area contributed by atoms with Gasteiger partial charge in [-0.3, -0.25) is 14.5 Å². The van der Waals surface area contributed by atoms with Gasteiger partial charge in [-0.15, -0.1) is 23.1 Å². The van der Waals surface area contributed by atoms with Crippen LogP contribution in [0.3, 0.4) is 0 Å². The molecule has 5 heterocycles. The van der Waals surface area contributed by atoms with Crippen molar-refractivity contribution in [2.45, 2.75) is 24.9 Å². The zero-order chi connectivity index (χ0) is 27.1. The summed E-state index contributed by atoms with van der Waals surface area (Å²) in [5.41, 5.74) is 6.15. The number of nitrogen functional groups attached to an aromatic ring is 1. The maximum Gasteiger partial charge on any atom is 0.276 e. The Morgan fingerprint density at radius 1 is 1.42 bits per heavy atom. The molecular weight excluding hydrogens is 684 g/mol. The van der Waals surface area contributed by atoms with E-state index in [4.69, 9.17) is 10.6 Å². The number of halogens is 2. The first-order valence-corrected chi connectivity index (χ1v) is 15.4. The van der Waals surface area contributed by atoms with Crippen LogP contribution in [0.1, 0.15) is 12.6 Å². The Hall–Kier alpha value is -2.53. The minimum atomic E-state index is -1.44. The van der Waals surface area contributed by atoms with E-state index in [2.05, 4.69) is 47.3 Å². The van der Waals surface area contributed by atoms with E-state index in [0.29, 0.717) is 11.3 Å². The molecule has 38 heavy (non-hydrogen) atoms. The number of rotatable bonds is 8. The molecule has 0 aromatic carbocycles. The van der Waals surface area contributed by atoms with Crippen LogP contribution in [0.2, 0.25) is 0 Å². The summed E-state index contributed by atoms with van der Waals surface area (Å²) in [4.78, 5) is 49.6. The van der Waals surface area contributed by atoms with E-state index in [1.54, 1.807) is 12.3 Å². The summed E-state index contributed by atoms with van der Waals surface area (Å²) in [6, 6.07) is 2.89. The van der Waals surface area contributed by atoms with Gasteiger partial charge >= 0.3 is 0 Å². The molecule has 198 valence electrons. The Morgan fingerprint density at radius 3 is 2.89 bits per heavy atom. The molecule has 2 aliphatic heterocycles. The number of aromatic nitrogens is 2. The van der Waals surface area contributed by atoms with Crippen LogP contribution in [0.5, 0.6) is 0 Å². The van der Waals surface area contributed by atoms with Crippen LogP contribution in [0.4, 0.5) is 5.13 Å². The van der Waals surface area contributed by atoms with E-state index in [1.807, 2.05) is 22.9 Å². The van der Waals surface area contributed by atoms with E-state index in [9.17, 15) is 19.5 Å². The van der Waals surface area contributed by atoms with Crippen molar-refractivity contribution >= 4 is 105 Å². The van der Waals surface area contributed by atoms with Crippen LogP contribution in [0.25, 0.3) is 10.2 Å². The molecule has 2 amide bonds. The molecule has 2 atom stereocenters. The van der Waals surface area contributed by atoms with Gasteiger partial charge in [-0.05, 0) is 44.8 Å². The Labute approximate surface area is 245 Å². The standard InChI is InChI=1S/C22H18Br2N6O5S3/c1-2-35-28-13(11-8-37-22(25)26-11)17(31)27-14-18(32)30-15(21(33)34)9(7-36-20(14)30)6-29-5-3-4-10-12(23)16(24)38-19(10)29/h3-5,8,14,20H,2,6-7H2,1H3,(H3-,25,26,27,31,33,34)/t14?,20-/m1/s1. The summed E-state index contributed by atoms with van der Waals surface area (Å²) >= 11 is 11.1. The number of pyridine rings is 1. The normalized spacial score (nSPS) is 19.4. The first-order valence-electron chi connectivity index (χ1n) is 11.1. The lowest BCUT2D eigenvalue weighted by molar-refractivity contribution is -0.661. The smallest absolute Gasteiger partial charge is 0.276 e. The van der Waals surface area contributed by atoms with Gasteiger partial charge in [-0.1, -0.05) is 16.5 Å². The third-order valence-electron chi connectivity index (χ3n) is 5.77. The van der Waals surface area contributed by atoms with Gasteiger partial charge < -0.3 is 25.8 Å². The third kappa shape index (κ3) is 4.83. The highest BCUT2D eigenvalue weighted by Crippen LogP contribution is 2.41. The molecule has 0 aliphatic carbocycles. The Balaban J connectivity index is 1.39. The van der Waals surface area contributed by atoms with Crippen LogP contribution >= 0.6 is 66.3 Å². The number of hydrogen-bond donors (Lipinski definition) is 2. The fourth-order valence-corrected chi connectivity index (χ4v) is 8.26. The number of thiazole rings is 1. The molecule has 11 nitrogen and oxygen atoms in total. The third-order valence-corrected chi connectivity index (χ3v) is 11.3. The number of aliphatic carboxylic acids is 1. The number of nitrogens with two attached hydrogens (primary N) is 1. The van der Waals surface area contributed by atoms with Crippen molar-refractivity contribution in [2.75, 3.05) is 18.1 Å². The molecule has 3 N–H and O–H groups in total. The number of thioether (sulfide) groups is 1. The first-order chi connectivity index (χ1) is 18.2. The number of fused-ring (bicyclic) bond motifs is 2. The molecular formula is C22H18Br2N6O5S3. The number of carboxylic acid groups (broad SMARTS) is 1. The van der Waals surface area contributed by atoms with Crippen LogP contribution < -0.4 is 20.7 Å². The zero-order valence-corrected chi connectivity index (χ0v) is 25.1. The monoisotopic (exact) mass is 700 g/mol. The Morgan fingerprint density at radius 2 is 2.21 bits per heavy atom. The molecule has 3 aromatic rings. The predicted octanol–water partition coefficient (Wildman–Crippen LogP) is 1.60. The van der Waals surface area contributed by atoms with Gasteiger partial charge in [0.2, 0.25) is 0 Å². The zero-order valence-electron chi connectivity index (χ0n) is 19.5. The van der Waals surface area contributed by atoms with Crippen molar-refractivity contribution in [1.29, 1.82) is 0 Å². The topological polar surface area (TPSA) is 154 Å². The van der Waals surface area contributed by atoms with E-state index < -0.39 is 29.2 Å². The van der Waals surface area contributed by atoms with Gasteiger partial charge in [0.25, 0.3) is 16.6 Å². The van der Waals surface area contributed by atoms with E-state index >= 15 is 0 Å². The number of carbonyl (C=O) groups is 3. The van der Waals surface area contributed by atoms with E-state index in [-0.39, 0.29) is 35.4 Å². The number of hydrogen-bond acceptors (Lipinski definition) is 11. The number of amides is 2. The van der Waals surface area contributed by atoms with Gasteiger partial charge in [0.15, 0.2) is 23.6 Å². The van der Waals surface area contributed by atoms with Crippen molar-refractivity contribution in [3.8, 4) is 0 Å². The lowest BCUT2D eigenvalue weighted by Crippen LogP contribution is -2.71. The minimum Gasteiger partial charge on any atom is -0.543 e. The van der Waals surface area contributed by atoms with Gasteiger partial charge in [0.05, 0.1) is 25.3 Å². The first kappa shape index (κ1) is 27.1. The van der Waals surface area contributed by atoms with Gasteiger partial charge in [-0.2, -0.15) is 4.57 Å². The average molecular weight is 702 g/mol. The second-order valence-corrected chi connectivity index (χ2v) is 13.2. The van der Waals surface area contributed by atoms with E-state index in [1.165, 1.54) is 28.0 Å². The number of β-lactam (4-membered cyclic amide) rings is 1. The summed E-state index contributed by atoms with van der Waals surface area (Å²) < 4.78 is 3.78. The predicted molar refractivity (Wildman–Crippen MR) is 149 cm³/mol. The van der Waals surface area contributed by atoms with E-state index in [0.717, 1.165) is 29.8 Å². The molecule has 0 saturated carbocycles. The molecule has 16 heteroatoms. The van der Waals surface area contributed by atoms with Gasteiger partial charge in [-0.25, -0.2) is 4.98 Å². The van der Waals surface area contributed by atoms with Crippen molar-refractivity contribution in [3.63, 3.8) is 0 Å². The summed E-state index contributed by atoms with van der Waals surface area (Å²) in [5.74, 6) is -2.33. The van der Waals surface area contributed by atoms with Crippen molar-refractivity contribution < 1.29 is 28.9 Å². The van der Waals surface area contributed by atoms with Gasteiger partial charge in [0.1, 0.15) is 23.7 Å². The lowest BCUT2D eigenvalue weighted by atomic mass is 10.0. The van der Waals surface area contributed by atoms with Crippen LogP contribution in [0.15, 0.2) is 48.4 Å². The molecule has 3 aromatic heterocycles. The summed E-state index contributed by atoms with van der Waals surface area (Å²) in [6.45, 7) is 2.19. The molecule has 2 aliphatic rings. The number of oxime groups is 1. The molecule has 5 rings (SSSR count). The molecule has 0 radical (unpaired) electrons. The summed E-state index contributed by atoms with van der Waals surface area (Å²) in [7, 11) is 0. The fourth-order valence-electron chi connectivity index (χ4n) is 4.12. The van der Waals surface area contributed by atoms with Crippen molar-refractivity contribution in [1.82, 2.24) is 15.2 Å². The number of nitrogens with zero attached hydrogens (tertiary/aromatic N) is 4. The van der Waals surface area contributed by atoms with Crippen molar-refractivity contribution in [2.24, 2.45) is 5.16 Å². The summed E-state index contributed by atoms with van der Waals surface area (Å²) in [5, 5.41) is 20.9. The maximum atomic E-state index is 13.1. The summed E-state index contributed by atoms with van der Waals surface area (Å²) in [6.07, 6.45) is 1.86. The number of carboxylic acids is 1. The fraction of sp³-hybridized carbons (Fsp3) is 0.273. The number of anilines is 1. The SMILES string of the molecule is CCON=C(C(=O)NC1C(=O)N2C(C(=O)[O-])=C(C[n+]3cccc4c(Br)c(Br)sc43)CS[C@H]12)c1csc(N)n1. The second-order valence-electron chi connectivity index (χ2n) is 8.07. The second kappa shape index (κ2) is 10.9. The van der Waals surface area contributed by atoms with Crippen molar-refractivity contribution in [3.05, 3.63) is 48.9 Å². The molecule has 1 unspecified atom stereocenters. The Kier molecular flexibility index (Phi) is 7.77. The largest absolute Gasteiger partial charge is 0.543 e. The van der Waals surface area contributed by atoms with Crippen LogP contribution in [0, 0.1) is 0 Å². The maximum absolute atomic E-state index is 13.1. The highest BCUT2D eigenvalue weighted by atomic mass is 79.9. The lowest BCUT2D eigenvalue weighted by Gasteiger charge is -2.50. The molecule has 0 bridgehead atoms. The minimum absolute atomic E-state index is 0.124. The molecule has 1 fully saturated rings.